The van der Waals surface area contributed by atoms with Gasteiger partial charge in [-0.3, -0.25) is 4.79 Å². The highest BCUT2D eigenvalue weighted by Crippen LogP contribution is 2.28. The summed E-state index contributed by atoms with van der Waals surface area (Å²) in [6.45, 7) is 0.714. The molecule has 1 amide bonds. The predicted molar refractivity (Wildman–Crippen MR) is 145 cm³/mol. The van der Waals surface area contributed by atoms with Crippen LogP contribution in [-0.2, 0) is 16.6 Å². The number of halogens is 3. The fraction of sp³-hybridized carbons (Fsp3) is 0.261. The first-order valence-electron chi connectivity index (χ1n) is 10.9. The van der Waals surface area contributed by atoms with Crippen molar-refractivity contribution in [3.8, 4) is 0 Å². The number of rotatable bonds is 9. The quantitative estimate of drug-likeness (QED) is 0.260. The van der Waals surface area contributed by atoms with E-state index in [9.17, 15) is 13.2 Å². The molecule has 3 N–H and O–H groups in total. The van der Waals surface area contributed by atoms with Crippen LogP contribution >= 0.6 is 34.8 Å². The van der Waals surface area contributed by atoms with Gasteiger partial charge in [0.1, 0.15) is 5.82 Å². The van der Waals surface area contributed by atoms with Gasteiger partial charge in [0.2, 0.25) is 16.0 Å². The summed E-state index contributed by atoms with van der Waals surface area (Å²) in [4.78, 5) is 21.6. The summed E-state index contributed by atoms with van der Waals surface area (Å²) >= 11 is 18.8. The van der Waals surface area contributed by atoms with Crippen LogP contribution in [-0.4, -0.2) is 53.1 Å². The molecule has 0 aliphatic heterocycles. The number of imidazole rings is 1. The van der Waals surface area contributed by atoms with Crippen LogP contribution in [0.25, 0.3) is 11.0 Å². The molecule has 9 nitrogen and oxygen atoms in total. The lowest BCUT2D eigenvalue weighted by Crippen LogP contribution is -2.32. The summed E-state index contributed by atoms with van der Waals surface area (Å²) < 4.78 is 27.2. The van der Waals surface area contributed by atoms with Gasteiger partial charge in [-0.25, -0.2) is 23.1 Å². The highest BCUT2D eigenvalue weighted by atomic mass is 35.5. The number of sulfonamides is 1. The second-order valence-electron chi connectivity index (χ2n) is 8.13. The topological polar surface area (TPSA) is 118 Å². The monoisotopic (exact) mass is 568 g/mol. The fourth-order valence-corrected chi connectivity index (χ4v) is 4.96. The van der Waals surface area contributed by atoms with Crippen LogP contribution in [0.5, 0.6) is 0 Å². The van der Waals surface area contributed by atoms with Gasteiger partial charge in [-0.15, -0.1) is 11.6 Å². The summed E-state index contributed by atoms with van der Waals surface area (Å²) in [5.41, 5.74) is 1.71. The van der Waals surface area contributed by atoms with E-state index in [-0.39, 0.29) is 12.5 Å². The third kappa shape index (κ3) is 6.57. The Morgan fingerprint density at radius 2 is 2.00 bits per heavy atom. The van der Waals surface area contributed by atoms with Crippen LogP contribution in [0.2, 0.25) is 5.02 Å². The Hall–Kier alpha value is -2.63. The minimum absolute atomic E-state index is 0.260. The van der Waals surface area contributed by atoms with Crippen LogP contribution < -0.4 is 15.4 Å². The van der Waals surface area contributed by atoms with E-state index in [0.29, 0.717) is 45.9 Å². The lowest BCUT2D eigenvalue weighted by Gasteiger charge is -2.24. The molecule has 4 rings (SSSR count). The molecule has 1 aliphatic carbocycles. The zero-order valence-electron chi connectivity index (χ0n) is 19.1. The van der Waals surface area contributed by atoms with E-state index in [1.165, 1.54) is 6.20 Å². The van der Waals surface area contributed by atoms with Crippen LogP contribution in [0, 0.1) is 0 Å². The molecule has 2 atom stereocenters. The van der Waals surface area contributed by atoms with Crippen LogP contribution in [0.15, 0.2) is 59.8 Å². The minimum Gasteiger partial charge on any atom is -0.346 e. The average molecular weight is 570 g/mol. The maximum absolute atomic E-state index is 12.8. The van der Waals surface area contributed by atoms with Gasteiger partial charge in [0, 0.05) is 34.9 Å². The van der Waals surface area contributed by atoms with Gasteiger partial charge in [-0.05, 0) is 42.8 Å². The van der Waals surface area contributed by atoms with Crippen molar-refractivity contribution in [3.63, 3.8) is 0 Å². The fourth-order valence-electron chi connectivity index (χ4n) is 3.67. The second kappa shape index (κ2) is 11.2. The number of aromatic nitrogens is 3. The Kier molecular flexibility index (Phi) is 8.21. The number of benzene rings is 1. The Bertz CT molecular complexity index is 1450. The zero-order valence-corrected chi connectivity index (χ0v) is 22.2. The Balaban J connectivity index is 1.62. The number of pyridine rings is 1. The number of nitrogens with one attached hydrogen (secondary N) is 3. The Labute approximate surface area is 223 Å². The van der Waals surface area contributed by atoms with E-state index in [0.717, 1.165) is 11.8 Å². The van der Waals surface area contributed by atoms with Crippen molar-refractivity contribution in [2.24, 2.45) is 0 Å². The number of anilines is 2. The molecule has 190 valence electrons. The summed E-state index contributed by atoms with van der Waals surface area (Å²) in [5, 5.41) is 6.61. The molecule has 2 aromatic heterocycles. The summed E-state index contributed by atoms with van der Waals surface area (Å²) in [5.74, 6) is 0.465. The molecular weight excluding hydrogens is 547 g/mol. The lowest BCUT2D eigenvalue weighted by molar-refractivity contribution is 0.102. The number of alkyl halides is 1. The van der Waals surface area contributed by atoms with Gasteiger partial charge in [-0.2, -0.15) is 0 Å². The molecule has 13 heteroatoms. The molecule has 2 unspecified atom stereocenters. The summed E-state index contributed by atoms with van der Waals surface area (Å²) in [6, 6.07) is 7.90. The average Bonchev–Trinajstić information content (AvgIpc) is 3.15. The van der Waals surface area contributed by atoms with Crippen molar-refractivity contribution >= 4 is 73.5 Å². The maximum Gasteiger partial charge on any atom is 0.256 e. The summed E-state index contributed by atoms with van der Waals surface area (Å²) in [6.07, 6.45) is 8.49. The highest BCUT2D eigenvalue weighted by Gasteiger charge is 2.25. The van der Waals surface area contributed by atoms with Gasteiger partial charge in [0.25, 0.3) is 5.91 Å². The first-order valence-corrected chi connectivity index (χ1v) is 14.0. The smallest absolute Gasteiger partial charge is 0.256 e. The molecule has 0 bridgehead atoms. The number of allylic oxidation sites excluding steroid dienone is 2. The molecule has 0 fully saturated rings. The first kappa shape index (κ1) is 26.4. The van der Waals surface area contributed by atoms with E-state index >= 15 is 0 Å². The number of carbonyl (C=O) groups is 1. The summed E-state index contributed by atoms with van der Waals surface area (Å²) in [7, 11) is -3.30. The molecule has 0 spiro atoms. The van der Waals surface area contributed by atoms with Crippen molar-refractivity contribution in [2.75, 3.05) is 23.4 Å². The third-order valence-corrected chi connectivity index (χ3v) is 7.07. The number of hydrogen-bond donors (Lipinski definition) is 3. The molecular formula is C23H23Cl3N6O3S. The van der Waals surface area contributed by atoms with Crippen molar-refractivity contribution in [1.29, 1.82) is 0 Å². The molecule has 1 aromatic carbocycles. The van der Waals surface area contributed by atoms with Crippen molar-refractivity contribution in [3.05, 3.63) is 70.4 Å². The van der Waals surface area contributed by atoms with Gasteiger partial charge >= 0.3 is 0 Å². The molecule has 3 aromatic rings. The van der Waals surface area contributed by atoms with Crippen LogP contribution in [0.4, 0.5) is 11.8 Å². The molecule has 2 heterocycles. The zero-order chi connectivity index (χ0) is 25.9. The van der Waals surface area contributed by atoms with Gasteiger partial charge in [-0.1, -0.05) is 35.4 Å². The number of amides is 1. The molecule has 0 radical (unpaired) electrons. The van der Waals surface area contributed by atoms with E-state index < -0.39 is 21.4 Å². The third-order valence-electron chi connectivity index (χ3n) is 5.35. The molecule has 0 saturated carbocycles. The van der Waals surface area contributed by atoms with Gasteiger partial charge in [0.15, 0.2) is 0 Å². The molecule has 0 saturated heterocycles. The van der Waals surface area contributed by atoms with E-state index in [1.54, 1.807) is 42.5 Å². The molecule has 36 heavy (non-hydrogen) atoms. The standard InChI is InChI=1S/C23H23Cl3N6O3S/c1-36(34,35)28-9-3-11-32-19-7-6-14(22(33)30-20-13-15(24)8-10-27-20)12-18(19)29-23(32)31-21-16(25)4-2-5-17(21)26/h2,4-8,10,12-13,16,21,28H,3,9,11H2,1H3,(H,29,31)(H,27,30,33). The normalized spacial score (nSPS) is 17.7. The number of aryl methyl sites for hydroxylation is 1. The molecule has 1 aliphatic rings. The van der Waals surface area contributed by atoms with Gasteiger partial charge in [0.05, 0.1) is 28.7 Å². The number of nitrogens with zero attached hydrogens (tertiary/aromatic N) is 3. The van der Waals surface area contributed by atoms with Crippen molar-refractivity contribution in [2.45, 2.75) is 24.4 Å². The minimum atomic E-state index is -3.30. The SMILES string of the molecule is CS(=O)(=O)NCCCn1c(NC2C(Cl)=CC=CC2Cl)nc2cc(C(=O)Nc3cc(Cl)ccn3)ccc21. The van der Waals surface area contributed by atoms with E-state index in [2.05, 4.69) is 20.3 Å². The lowest BCUT2D eigenvalue weighted by atomic mass is 10.1. The van der Waals surface area contributed by atoms with Crippen molar-refractivity contribution in [1.82, 2.24) is 19.3 Å². The maximum atomic E-state index is 12.8. The Morgan fingerprint density at radius 1 is 1.19 bits per heavy atom. The van der Waals surface area contributed by atoms with Gasteiger partial charge < -0.3 is 15.2 Å². The van der Waals surface area contributed by atoms with Crippen LogP contribution in [0.3, 0.4) is 0 Å². The highest BCUT2D eigenvalue weighted by molar-refractivity contribution is 7.88. The van der Waals surface area contributed by atoms with E-state index in [1.807, 2.05) is 10.6 Å². The van der Waals surface area contributed by atoms with E-state index in [4.69, 9.17) is 39.8 Å². The van der Waals surface area contributed by atoms with Crippen LogP contribution in [0.1, 0.15) is 16.8 Å². The number of fused-ring (bicyclic) bond motifs is 1. The largest absolute Gasteiger partial charge is 0.346 e. The Morgan fingerprint density at radius 3 is 2.72 bits per heavy atom. The number of carbonyl (C=O) groups excluding carboxylic acids is 1. The van der Waals surface area contributed by atoms with Crippen molar-refractivity contribution < 1.29 is 13.2 Å². The predicted octanol–water partition coefficient (Wildman–Crippen LogP) is 4.36. The second-order valence-corrected chi connectivity index (χ2v) is 11.3. The number of hydrogen-bond acceptors (Lipinski definition) is 6. The first-order chi connectivity index (χ1) is 17.1.